The number of nitrogens with one attached hydrogen (secondary N) is 1. The van der Waals surface area contributed by atoms with Crippen LogP contribution in [-0.4, -0.2) is 154 Å². The molecule has 1 saturated carbocycles. The molecule has 15 atom stereocenters. The summed E-state index contributed by atoms with van der Waals surface area (Å²) in [6.45, 7) is 13.7. The third-order valence-electron chi connectivity index (χ3n) is 16.0. The van der Waals surface area contributed by atoms with E-state index in [9.17, 15) is 34.2 Å². The van der Waals surface area contributed by atoms with E-state index in [-0.39, 0.29) is 67.5 Å². The standard InChI is InChI=1S/C56H87N5O13/c1-34-16-12-11-13-17-35(2)47(70-8)30-43-21-19-40(7)56(69,74-43)53(66)54(67)60-24-15-14-18-45(60)55(68)73-48(31-46(63)36(3)27-39(6)51(65)52(72-10)50(64)38(5)26-34)37(4)28-41-20-22-44(49(29-41)71-9)61-33-42(58-59-61)32-57-23-25-62/h11-13,16-17,27,33-34,36-38,40-41,43-45,47-49,51-52,57,62,65,69H,14-15,18-26,28-32H2,1-10H3/b13-11+,16-12+,35-17+,39-27+/t34-,36-,37-,38-,40-,41+,43+,44+,45+,47+,48+,49-,51-,52+,56-/m1/s1. The number of hydrogen-bond donors (Lipinski definition) is 4. The Bertz CT molecular complexity index is 2160. The van der Waals surface area contributed by atoms with Gasteiger partial charge in [-0.05, 0) is 107 Å². The summed E-state index contributed by atoms with van der Waals surface area (Å²) in [7, 11) is 4.63. The van der Waals surface area contributed by atoms with Gasteiger partial charge in [-0.3, -0.25) is 19.2 Å². The highest BCUT2D eigenvalue weighted by Gasteiger charge is 2.53. The van der Waals surface area contributed by atoms with E-state index in [1.54, 1.807) is 41.1 Å². The van der Waals surface area contributed by atoms with Crippen LogP contribution in [0.25, 0.3) is 0 Å². The van der Waals surface area contributed by atoms with Gasteiger partial charge >= 0.3 is 5.97 Å². The Labute approximate surface area is 438 Å². The summed E-state index contributed by atoms with van der Waals surface area (Å²) >= 11 is 0. The maximum atomic E-state index is 14.6. The molecule has 4 aliphatic rings. The van der Waals surface area contributed by atoms with Gasteiger partial charge < -0.3 is 49.2 Å². The molecule has 0 unspecified atom stereocenters. The number of piperidine rings is 1. The molecular formula is C56H87N5O13. The molecule has 2 saturated heterocycles. The number of Topliss-reactive ketones (excluding diaryl/α,β-unsaturated/α-hetero) is 3. The van der Waals surface area contributed by atoms with Crippen LogP contribution in [0, 0.1) is 35.5 Å². The van der Waals surface area contributed by atoms with Gasteiger partial charge in [0.1, 0.15) is 30.1 Å². The van der Waals surface area contributed by atoms with Crippen LogP contribution in [0.1, 0.15) is 137 Å². The van der Waals surface area contributed by atoms with Gasteiger partial charge in [0.2, 0.25) is 5.79 Å². The van der Waals surface area contributed by atoms with Crippen molar-refractivity contribution in [1.82, 2.24) is 25.2 Å². The smallest absolute Gasteiger partial charge is 0.329 e. The predicted octanol–water partition coefficient (Wildman–Crippen LogP) is 5.73. The summed E-state index contributed by atoms with van der Waals surface area (Å²) in [5.41, 5.74) is 2.01. The molecule has 0 aromatic carbocycles. The van der Waals surface area contributed by atoms with E-state index in [1.807, 2.05) is 69.0 Å². The molecule has 2 bridgehead atoms. The van der Waals surface area contributed by atoms with Gasteiger partial charge in [0.15, 0.2) is 5.78 Å². The van der Waals surface area contributed by atoms with Gasteiger partial charge in [-0.1, -0.05) is 76.3 Å². The van der Waals surface area contributed by atoms with Crippen molar-refractivity contribution in [3.8, 4) is 0 Å². The number of carbonyl (C=O) groups excluding carboxylic acids is 5. The first kappa shape index (κ1) is 60.6. The maximum Gasteiger partial charge on any atom is 0.329 e. The van der Waals surface area contributed by atoms with Crippen molar-refractivity contribution in [3.63, 3.8) is 0 Å². The van der Waals surface area contributed by atoms with E-state index in [0.717, 1.165) is 24.1 Å². The number of ether oxygens (including phenoxy) is 5. The SMILES string of the molecule is CO[C@H]1C[C@@H]2CC[C@@H](C)[C@@](O)(O2)C(=O)C(=O)N2CCCC[C@H]2C(=O)O[C@H]([C@H](C)C[C@@H]2CC[C@H](n3cc(CNCCO)nn3)[C@H](OC)C2)CC(=O)[C@H](C)/C=C(\C)[C@@H](O)[C@@H](OC)C(=O)[C@H](C)C[C@H](C)/C=C/C=C/C=C/1C. The predicted molar refractivity (Wildman–Crippen MR) is 277 cm³/mol. The highest BCUT2D eigenvalue weighted by Crippen LogP contribution is 2.40. The van der Waals surface area contributed by atoms with Crippen molar-refractivity contribution >= 4 is 29.2 Å². The van der Waals surface area contributed by atoms with Crippen molar-refractivity contribution in [2.75, 3.05) is 41.0 Å². The Balaban J connectivity index is 1.44. The lowest BCUT2D eigenvalue weighted by Crippen LogP contribution is -2.61. The molecule has 1 aromatic heterocycles. The molecule has 3 aliphatic heterocycles. The number of carbonyl (C=O) groups is 5. The molecule has 4 N–H and O–H groups in total. The quantitative estimate of drug-likeness (QED) is 0.0896. The van der Waals surface area contributed by atoms with Crippen LogP contribution in [0.15, 0.2) is 53.8 Å². The molecule has 0 spiro atoms. The number of aliphatic hydroxyl groups is 3. The number of esters is 1. The van der Waals surface area contributed by atoms with Crippen LogP contribution in [0.5, 0.6) is 0 Å². The molecule has 5 rings (SSSR count). The fraction of sp³-hybridized carbons (Fsp3) is 0.732. The lowest BCUT2D eigenvalue weighted by atomic mass is 9.77. The Morgan fingerprint density at radius 1 is 0.905 bits per heavy atom. The van der Waals surface area contributed by atoms with E-state index in [0.29, 0.717) is 70.0 Å². The van der Waals surface area contributed by atoms with Crippen LogP contribution in [0.2, 0.25) is 0 Å². The average molecular weight is 1040 g/mol. The first-order valence-corrected chi connectivity index (χ1v) is 27.0. The van der Waals surface area contributed by atoms with Crippen molar-refractivity contribution < 1.29 is 63.0 Å². The van der Waals surface area contributed by atoms with Crippen molar-refractivity contribution in [3.05, 3.63) is 59.5 Å². The highest BCUT2D eigenvalue weighted by atomic mass is 16.6. The third-order valence-corrected chi connectivity index (χ3v) is 16.0. The molecule has 74 heavy (non-hydrogen) atoms. The average Bonchev–Trinajstić information content (AvgIpc) is 3.86. The molecule has 1 aromatic rings. The number of allylic oxidation sites excluding steroid dienone is 6. The molecule has 18 heteroatoms. The number of methoxy groups -OCH3 is 3. The number of hydrogen-bond acceptors (Lipinski definition) is 16. The second-order valence-electron chi connectivity index (χ2n) is 21.7. The first-order chi connectivity index (χ1) is 35.3. The minimum atomic E-state index is -2.44. The minimum absolute atomic E-state index is 0.0100. The number of rotatable bonds is 11. The van der Waals surface area contributed by atoms with Gasteiger partial charge in [0.05, 0.1) is 42.9 Å². The number of aliphatic hydroxyl groups excluding tert-OH is 2. The van der Waals surface area contributed by atoms with E-state index < -0.39 is 77.8 Å². The maximum absolute atomic E-state index is 14.6. The third kappa shape index (κ3) is 15.9. The van der Waals surface area contributed by atoms with Gasteiger partial charge in [-0.25, -0.2) is 9.48 Å². The zero-order chi connectivity index (χ0) is 54.3. The minimum Gasteiger partial charge on any atom is -0.460 e. The summed E-state index contributed by atoms with van der Waals surface area (Å²) < 4.78 is 31.9. The molecule has 0 radical (unpaired) electrons. The number of aromatic nitrogens is 3. The van der Waals surface area contributed by atoms with Crippen molar-refractivity contribution in [1.29, 1.82) is 0 Å². The second-order valence-corrected chi connectivity index (χ2v) is 21.7. The summed E-state index contributed by atoms with van der Waals surface area (Å²) in [5, 5.41) is 44.6. The Morgan fingerprint density at radius 3 is 2.36 bits per heavy atom. The van der Waals surface area contributed by atoms with E-state index >= 15 is 0 Å². The van der Waals surface area contributed by atoms with Crippen LogP contribution >= 0.6 is 0 Å². The summed E-state index contributed by atoms with van der Waals surface area (Å²) in [6, 6.07) is -1.23. The van der Waals surface area contributed by atoms with Crippen LogP contribution in [-0.2, 0) is 54.2 Å². The Morgan fingerprint density at radius 2 is 1.66 bits per heavy atom. The first-order valence-electron chi connectivity index (χ1n) is 27.0. The summed E-state index contributed by atoms with van der Waals surface area (Å²) in [5.74, 6) is -8.05. The molecular weight excluding hydrogens is 951 g/mol. The fourth-order valence-corrected chi connectivity index (χ4v) is 11.3. The van der Waals surface area contributed by atoms with Crippen molar-refractivity contribution in [2.45, 2.75) is 187 Å². The molecule has 3 fully saturated rings. The molecule has 4 heterocycles. The lowest BCUT2D eigenvalue weighted by Gasteiger charge is -2.42. The second kappa shape index (κ2) is 28.7. The van der Waals surface area contributed by atoms with Crippen molar-refractivity contribution in [2.24, 2.45) is 35.5 Å². The molecule has 414 valence electrons. The topological polar surface area (TPSA) is 238 Å². The van der Waals surface area contributed by atoms with E-state index in [1.165, 1.54) is 12.0 Å². The zero-order valence-corrected chi connectivity index (χ0v) is 45.7. The highest BCUT2D eigenvalue weighted by molar-refractivity contribution is 6.39. The van der Waals surface area contributed by atoms with Crippen LogP contribution in [0.3, 0.4) is 0 Å². The van der Waals surface area contributed by atoms with Crippen LogP contribution < -0.4 is 5.32 Å². The van der Waals surface area contributed by atoms with Gasteiger partial charge in [-0.2, -0.15) is 0 Å². The Hall–Kier alpha value is -4.27. The molecule has 1 aliphatic carbocycles. The van der Waals surface area contributed by atoms with Crippen LogP contribution in [0.4, 0.5) is 0 Å². The summed E-state index contributed by atoms with van der Waals surface area (Å²) in [4.78, 5) is 72.7. The summed E-state index contributed by atoms with van der Waals surface area (Å²) in [6.07, 6.45) is 14.0. The van der Waals surface area contributed by atoms with Gasteiger partial charge in [0.25, 0.3) is 11.7 Å². The van der Waals surface area contributed by atoms with E-state index in [2.05, 4.69) is 15.6 Å². The monoisotopic (exact) mass is 1040 g/mol. The number of amides is 1. The zero-order valence-electron chi connectivity index (χ0n) is 45.7. The van der Waals surface area contributed by atoms with E-state index in [4.69, 9.17) is 28.8 Å². The molecule has 18 nitrogen and oxygen atoms in total. The number of fused-ring (bicyclic) bond motifs is 3. The normalized spacial score (nSPS) is 37.0. The van der Waals surface area contributed by atoms with Gasteiger partial charge in [0, 0.05) is 71.6 Å². The number of nitrogens with zero attached hydrogens (tertiary/aromatic N) is 4. The van der Waals surface area contributed by atoms with Gasteiger partial charge in [-0.15, -0.1) is 5.10 Å². The number of ketones is 3. The Kier molecular flexibility index (Phi) is 23.5. The fourth-order valence-electron chi connectivity index (χ4n) is 11.3. The lowest BCUT2D eigenvalue weighted by molar-refractivity contribution is -0.265. The molecule has 1 amide bonds. The number of cyclic esters (lactones) is 1. The largest absolute Gasteiger partial charge is 0.460 e.